The van der Waals surface area contributed by atoms with Crippen LogP contribution in [0.4, 0.5) is 5.69 Å². The van der Waals surface area contributed by atoms with Gasteiger partial charge in [0.05, 0.1) is 54.0 Å². The zero-order valence-electron chi connectivity index (χ0n) is 23.7. The summed E-state index contributed by atoms with van der Waals surface area (Å²) >= 11 is 6.24. The predicted octanol–water partition coefficient (Wildman–Crippen LogP) is 3.30. The van der Waals surface area contributed by atoms with Crippen LogP contribution in [0.25, 0.3) is 16.6 Å². The number of hydrogen-bond acceptors (Lipinski definition) is 7. The molecular formula is C31H31ClN4O7. The van der Waals surface area contributed by atoms with Gasteiger partial charge >= 0.3 is 5.69 Å². The number of carbonyl (C=O) groups is 2. The second kappa shape index (κ2) is 13.1. The highest BCUT2D eigenvalue weighted by atomic mass is 35.5. The highest BCUT2D eigenvalue weighted by molar-refractivity contribution is 6.32. The topological polar surface area (TPSA) is 130 Å². The minimum Gasteiger partial charge on any atom is -0.495 e. The Bertz CT molecular complexity index is 1780. The molecule has 2 heterocycles. The van der Waals surface area contributed by atoms with Crippen molar-refractivity contribution in [1.29, 1.82) is 0 Å². The Morgan fingerprint density at radius 3 is 2.44 bits per heavy atom. The van der Waals surface area contributed by atoms with Crippen molar-refractivity contribution in [2.45, 2.75) is 31.9 Å². The second-order valence-corrected chi connectivity index (χ2v) is 10.5. The molecular weight excluding hydrogens is 576 g/mol. The van der Waals surface area contributed by atoms with Gasteiger partial charge in [0.25, 0.3) is 5.56 Å². The molecule has 2 amide bonds. The van der Waals surface area contributed by atoms with Gasteiger partial charge < -0.3 is 24.8 Å². The Labute approximate surface area is 251 Å². The van der Waals surface area contributed by atoms with Crippen LogP contribution in [0.15, 0.2) is 70.3 Å². The van der Waals surface area contributed by atoms with E-state index < -0.39 is 23.7 Å². The molecule has 1 aliphatic heterocycles. The molecule has 1 aromatic heterocycles. The molecule has 0 spiro atoms. The fourth-order valence-corrected chi connectivity index (χ4v) is 5.28. The van der Waals surface area contributed by atoms with E-state index in [1.807, 2.05) is 0 Å². The summed E-state index contributed by atoms with van der Waals surface area (Å²) in [4.78, 5) is 52.8. The number of ether oxygens (including phenoxy) is 3. The maximum atomic E-state index is 13.7. The molecule has 1 aliphatic rings. The zero-order valence-corrected chi connectivity index (χ0v) is 24.5. The van der Waals surface area contributed by atoms with Gasteiger partial charge in [0.1, 0.15) is 18.0 Å². The standard InChI is InChI=1S/C31H31ClN4O7/c1-41-26-16-27(42-2)24(15-23(26)32)34-29(38)18-35-25-8-4-3-7-22(25)30(39)36(31(35)40)20-11-9-19(10-12-20)14-28(37)33-17-21-6-5-13-43-21/h3-4,7-12,15-16,21H,5-6,13-14,17-18H2,1-2H3,(H,33,37)(H,34,38)/t21-/m0/s1. The number of carbonyl (C=O) groups excluding carboxylic acids is 2. The fourth-order valence-electron chi connectivity index (χ4n) is 5.04. The van der Waals surface area contributed by atoms with E-state index in [2.05, 4.69) is 10.6 Å². The molecule has 4 aromatic rings. The van der Waals surface area contributed by atoms with Crippen molar-refractivity contribution < 1.29 is 23.8 Å². The number of nitrogens with one attached hydrogen (secondary N) is 2. The Morgan fingerprint density at radius 2 is 1.74 bits per heavy atom. The summed E-state index contributed by atoms with van der Waals surface area (Å²) in [5.74, 6) is 0.00385. The third kappa shape index (κ3) is 6.58. The molecule has 2 N–H and O–H groups in total. The van der Waals surface area contributed by atoms with Crippen molar-refractivity contribution in [2.75, 3.05) is 32.7 Å². The first-order valence-corrected chi connectivity index (χ1v) is 14.1. The highest BCUT2D eigenvalue weighted by Gasteiger charge is 2.19. The number of rotatable bonds is 10. The Kier molecular flexibility index (Phi) is 9.13. The summed E-state index contributed by atoms with van der Waals surface area (Å²) in [6, 6.07) is 16.2. The third-order valence-electron chi connectivity index (χ3n) is 7.21. The highest BCUT2D eigenvalue weighted by Crippen LogP contribution is 2.35. The number of hydrogen-bond donors (Lipinski definition) is 2. The van der Waals surface area contributed by atoms with Gasteiger partial charge in [0.2, 0.25) is 11.8 Å². The Balaban J connectivity index is 1.41. The van der Waals surface area contributed by atoms with Crippen LogP contribution in [0.1, 0.15) is 18.4 Å². The fraction of sp³-hybridized carbons (Fsp3) is 0.290. The normalized spacial score (nSPS) is 14.4. The number of benzene rings is 3. The van der Waals surface area contributed by atoms with E-state index in [-0.39, 0.29) is 28.8 Å². The van der Waals surface area contributed by atoms with Crippen LogP contribution in [0.2, 0.25) is 5.02 Å². The minimum atomic E-state index is -0.694. The number of aromatic nitrogens is 2. The minimum absolute atomic E-state index is 0.0476. The van der Waals surface area contributed by atoms with Crippen LogP contribution in [-0.4, -0.2) is 54.4 Å². The molecule has 0 aliphatic carbocycles. The summed E-state index contributed by atoms with van der Waals surface area (Å²) in [5.41, 5.74) is 0.405. The zero-order chi connectivity index (χ0) is 30.5. The van der Waals surface area contributed by atoms with E-state index in [1.54, 1.807) is 48.5 Å². The van der Waals surface area contributed by atoms with Crippen molar-refractivity contribution in [1.82, 2.24) is 14.5 Å². The maximum Gasteiger partial charge on any atom is 0.336 e. The average molecular weight is 607 g/mol. The lowest BCUT2D eigenvalue weighted by atomic mass is 10.1. The van der Waals surface area contributed by atoms with Gasteiger partial charge in [-0.25, -0.2) is 9.36 Å². The molecule has 11 nitrogen and oxygen atoms in total. The first kappa shape index (κ1) is 29.9. The lowest BCUT2D eigenvalue weighted by molar-refractivity contribution is -0.121. The van der Waals surface area contributed by atoms with Gasteiger partial charge in [0, 0.05) is 19.2 Å². The monoisotopic (exact) mass is 606 g/mol. The first-order chi connectivity index (χ1) is 20.8. The smallest absolute Gasteiger partial charge is 0.336 e. The largest absolute Gasteiger partial charge is 0.495 e. The number of methoxy groups -OCH3 is 2. The Hall–Kier alpha value is -4.61. The second-order valence-electron chi connectivity index (χ2n) is 10.0. The van der Waals surface area contributed by atoms with Crippen LogP contribution in [-0.2, 0) is 27.3 Å². The molecule has 1 saturated heterocycles. The van der Waals surface area contributed by atoms with Crippen molar-refractivity contribution in [2.24, 2.45) is 0 Å². The van der Waals surface area contributed by atoms with Gasteiger partial charge in [-0.05, 0) is 48.7 Å². The number of para-hydroxylation sites is 1. The van der Waals surface area contributed by atoms with E-state index in [4.69, 9.17) is 25.8 Å². The molecule has 12 heteroatoms. The number of nitrogens with zero attached hydrogens (tertiary/aromatic N) is 2. The van der Waals surface area contributed by atoms with Crippen molar-refractivity contribution in [3.8, 4) is 17.2 Å². The van der Waals surface area contributed by atoms with Gasteiger partial charge in [-0.3, -0.25) is 19.0 Å². The molecule has 1 fully saturated rings. The summed E-state index contributed by atoms with van der Waals surface area (Å²) in [6.45, 7) is 0.791. The van der Waals surface area contributed by atoms with E-state index in [0.717, 1.165) is 24.0 Å². The van der Waals surface area contributed by atoms with E-state index >= 15 is 0 Å². The van der Waals surface area contributed by atoms with Crippen LogP contribution in [0.3, 0.4) is 0 Å². The maximum absolute atomic E-state index is 13.7. The van der Waals surface area contributed by atoms with Crippen LogP contribution in [0, 0.1) is 0 Å². The molecule has 0 unspecified atom stereocenters. The number of halogens is 1. The van der Waals surface area contributed by atoms with Crippen molar-refractivity contribution in [3.05, 3.63) is 92.1 Å². The molecule has 3 aromatic carbocycles. The van der Waals surface area contributed by atoms with Crippen LogP contribution >= 0.6 is 11.6 Å². The van der Waals surface area contributed by atoms with Crippen LogP contribution in [0.5, 0.6) is 11.5 Å². The predicted molar refractivity (Wildman–Crippen MR) is 163 cm³/mol. The lowest BCUT2D eigenvalue weighted by Crippen LogP contribution is -2.40. The van der Waals surface area contributed by atoms with Gasteiger partial charge in [-0.15, -0.1) is 0 Å². The molecule has 0 bridgehead atoms. The quantitative estimate of drug-likeness (QED) is 0.283. The van der Waals surface area contributed by atoms with Crippen molar-refractivity contribution >= 4 is 40.0 Å². The number of amides is 2. The summed E-state index contributed by atoms with van der Waals surface area (Å²) in [6.07, 6.45) is 2.11. The van der Waals surface area contributed by atoms with E-state index in [9.17, 15) is 19.2 Å². The number of fused-ring (bicyclic) bond motifs is 1. The van der Waals surface area contributed by atoms with Gasteiger partial charge in [-0.1, -0.05) is 35.9 Å². The SMILES string of the molecule is COc1cc(OC)c(NC(=O)Cn2c(=O)n(-c3ccc(CC(=O)NC[C@@H]4CCCO4)cc3)c(=O)c3ccccc32)cc1Cl. The summed E-state index contributed by atoms with van der Waals surface area (Å²) in [7, 11) is 2.90. The first-order valence-electron chi connectivity index (χ1n) is 13.7. The number of anilines is 1. The molecule has 0 saturated carbocycles. The Morgan fingerprint density at radius 1 is 1.00 bits per heavy atom. The molecule has 224 valence electrons. The molecule has 0 radical (unpaired) electrons. The summed E-state index contributed by atoms with van der Waals surface area (Å²) in [5, 5.41) is 6.13. The molecule has 1 atom stereocenters. The van der Waals surface area contributed by atoms with Crippen LogP contribution < -0.4 is 31.4 Å². The third-order valence-corrected chi connectivity index (χ3v) is 7.51. The van der Waals surface area contributed by atoms with E-state index in [1.165, 1.54) is 30.9 Å². The molecule has 5 rings (SSSR count). The molecule has 43 heavy (non-hydrogen) atoms. The van der Waals surface area contributed by atoms with Gasteiger partial charge in [0.15, 0.2) is 0 Å². The lowest BCUT2D eigenvalue weighted by Gasteiger charge is -2.16. The average Bonchev–Trinajstić information content (AvgIpc) is 3.53. The van der Waals surface area contributed by atoms with Crippen molar-refractivity contribution in [3.63, 3.8) is 0 Å². The van der Waals surface area contributed by atoms with E-state index in [0.29, 0.717) is 40.5 Å². The summed E-state index contributed by atoms with van der Waals surface area (Å²) < 4.78 is 18.3. The van der Waals surface area contributed by atoms with Gasteiger partial charge in [-0.2, -0.15) is 0 Å².